The second kappa shape index (κ2) is 13.7. The van der Waals surface area contributed by atoms with Crippen molar-refractivity contribution in [2.45, 2.75) is 39.9 Å². The van der Waals surface area contributed by atoms with Crippen molar-refractivity contribution in [3.05, 3.63) is 119 Å². The Bertz CT molecular complexity index is 1670. The number of rotatable bonds is 12. The summed E-state index contributed by atoms with van der Waals surface area (Å²) in [6.07, 6.45) is 1.84. The summed E-state index contributed by atoms with van der Waals surface area (Å²) in [5.74, 6) is 1.00. The van der Waals surface area contributed by atoms with Gasteiger partial charge in [0.1, 0.15) is 24.7 Å². The highest BCUT2D eigenvalue weighted by Gasteiger charge is 2.26. The molecular formula is C35H36N4O4. The molecule has 0 fully saturated rings. The number of aromatic nitrogens is 3. The molecule has 0 saturated heterocycles. The Balaban J connectivity index is 1.65. The van der Waals surface area contributed by atoms with Crippen LogP contribution in [0.1, 0.15) is 46.8 Å². The Morgan fingerprint density at radius 3 is 2.07 bits per heavy atom. The second-order valence-electron chi connectivity index (χ2n) is 10.4. The molecule has 5 rings (SSSR count). The van der Waals surface area contributed by atoms with Crippen LogP contribution in [0.25, 0.3) is 17.1 Å². The van der Waals surface area contributed by atoms with E-state index in [1.807, 2.05) is 91.9 Å². The molecule has 0 unspecified atom stereocenters. The van der Waals surface area contributed by atoms with E-state index in [2.05, 4.69) is 17.1 Å². The van der Waals surface area contributed by atoms with Gasteiger partial charge < -0.3 is 19.5 Å². The van der Waals surface area contributed by atoms with Gasteiger partial charge in [-0.25, -0.2) is 4.57 Å². The minimum atomic E-state index is -0.268. The van der Waals surface area contributed by atoms with Crippen molar-refractivity contribution in [1.29, 1.82) is 0 Å². The average molecular weight is 577 g/mol. The number of nitrogens with zero attached hydrogens (tertiary/aromatic N) is 4. The van der Waals surface area contributed by atoms with Crippen molar-refractivity contribution >= 4 is 5.91 Å². The molecule has 1 N–H and O–H groups in total. The maximum atomic E-state index is 13.9. The molecule has 0 aliphatic heterocycles. The monoisotopic (exact) mass is 576 g/mol. The summed E-state index contributed by atoms with van der Waals surface area (Å²) in [5, 5.41) is 19.2. The van der Waals surface area contributed by atoms with Crippen molar-refractivity contribution in [2.24, 2.45) is 0 Å². The first-order chi connectivity index (χ1) is 21.0. The normalized spacial score (nSPS) is 10.9. The van der Waals surface area contributed by atoms with Gasteiger partial charge in [0.05, 0.1) is 16.8 Å². The molecular weight excluding hydrogens is 540 g/mol. The van der Waals surface area contributed by atoms with Gasteiger partial charge in [0.25, 0.3) is 5.91 Å². The number of carbonyl (C=O) groups excluding carboxylic acids is 1. The van der Waals surface area contributed by atoms with Crippen LogP contribution in [-0.4, -0.2) is 44.3 Å². The van der Waals surface area contributed by atoms with Gasteiger partial charge in [-0.05, 0) is 42.2 Å². The largest absolute Gasteiger partial charge is 0.488 e. The third-order valence-corrected chi connectivity index (χ3v) is 7.22. The highest BCUT2D eigenvalue weighted by Crippen LogP contribution is 2.39. The molecule has 43 heavy (non-hydrogen) atoms. The van der Waals surface area contributed by atoms with Crippen LogP contribution in [-0.2, 0) is 13.2 Å². The van der Waals surface area contributed by atoms with Crippen LogP contribution in [0.4, 0.5) is 0 Å². The Labute approximate surface area is 252 Å². The lowest BCUT2D eigenvalue weighted by molar-refractivity contribution is 0.0788. The van der Waals surface area contributed by atoms with Crippen molar-refractivity contribution in [1.82, 2.24) is 19.7 Å². The second-order valence-corrected chi connectivity index (χ2v) is 10.4. The maximum Gasteiger partial charge on any atom is 0.319 e. The molecule has 5 aromatic rings. The van der Waals surface area contributed by atoms with Crippen LogP contribution >= 0.6 is 0 Å². The minimum absolute atomic E-state index is 0.182. The van der Waals surface area contributed by atoms with Crippen molar-refractivity contribution in [2.75, 3.05) is 13.6 Å². The molecule has 4 aromatic carbocycles. The predicted octanol–water partition coefficient (Wildman–Crippen LogP) is 6.98. The van der Waals surface area contributed by atoms with Crippen LogP contribution in [0, 0.1) is 6.92 Å². The molecule has 0 atom stereocenters. The molecule has 8 heteroatoms. The van der Waals surface area contributed by atoms with Gasteiger partial charge in [-0.1, -0.05) is 97.3 Å². The molecule has 220 valence electrons. The SMILES string of the molecule is CCCCN(C)C(=O)c1cc(-c2nnc(O)n2-c2ccccc2C)c(OCc2ccccc2)cc1OCc1ccccc1. The van der Waals surface area contributed by atoms with E-state index in [4.69, 9.17) is 9.47 Å². The van der Waals surface area contributed by atoms with Crippen molar-refractivity contribution in [3.63, 3.8) is 0 Å². The zero-order chi connectivity index (χ0) is 30.2. The number of para-hydroxylation sites is 1. The predicted molar refractivity (Wildman–Crippen MR) is 167 cm³/mol. The molecule has 1 aromatic heterocycles. The molecule has 0 saturated carbocycles. The summed E-state index contributed by atoms with van der Waals surface area (Å²) in [6, 6.07) is 30.5. The van der Waals surface area contributed by atoms with Crippen LogP contribution < -0.4 is 9.47 Å². The third kappa shape index (κ3) is 6.86. The quantitative estimate of drug-likeness (QED) is 0.172. The molecule has 8 nitrogen and oxygen atoms in total. The van der Waals surface area contributed by atoms with E-state index in [1.165, 1.54) is 0 Å². The number of unbranched alkanes of at least 4 members (excludes halogenated alkanes) is 1. The number of carbonyl (C=O) groups is 1. The zero-order valence-electron chi connectivity index (χ0n) is 24.7. The van der Waals surface area contributed by atoms with Gasteiger partial charge in [0.15, 0.2) is 5.82 Å². The van der Waals surface area contributed by atoms with Gasteiger partial charge in [-0.2, -0.15) is 0 Å². The number of aromatic hydroxyl groups is 1. The fourth-order valence-corrected chi connectivity index (χ4v) is 4.80. The van der Waals surface area contributed by atoms with E-state index in [0.29, 0.717) is 40.7 Å². The highest BCUT2D eigenvalue weighted by molar-refractivity contribution is 5.98. The lowest BCUT2D eigenvalue weighted by Crippen LogP contribution is -2.28. The van der Waals surface area contributed by atoms with Crippen LogP contribution in [0.5, 0.6) is 17.5 Å². The number of benzene rings is 4. The summed E-state index contributed by atoms with van der Waals surface area (Å²) in [7, 11) is 1.79. The van der Waals surface area contributed by atoms with Crippen LogP contribution in [0.3, 0.4) is 0 Å². The smallest absolute Gasteiger partial charge is 0.319 e. The molecule has 0 aliphatic carbocycles. The summed E-state index contributed by atoms with van der Waals surface area (Å²) in [6.45, 7) is 5.20. The maximum absolute atomic E-state index is 13.9. The van der Waals surface area contributed by atoms with Crippen LogP contribution in [0.2, 0.25) is 0 Å². The van der Waals surface area contributed by atoms with Crippen molar-refractivity contribution in [3.8, 4) is 34.6 Å². The third-order valence-electron chi connectivity index (χ3n) is 7.22. The molecule has 0 aliphatic rings. The standard InChI is InChI=1S/C35H36N4O4/c1-4-5-20-38(3)34(40)29-21-28(33-36-37-35(41)39(33)30-19-13-12-14-25(30)2)31(42-23-26-15-8-6-9-16-26)22-32(29)43-24-27-17-10-7-11-18-27/h6-19,21-22H,4-5,20,23-24H2,1-3H3,(H,37,41). The summed E-state index contributed by atoms with van der Waals surface area (Å²) >= 11 is 0. The van der Waals surface area contributed by atoms with E-state index in [0.717, 1.165) is 29.5 Å². The number of ether oxygens (including phenoxy) is 2. The Hall–Kier alpha value is -5.11. The van der Waals surface area contributed by atoms with E-state index in [1.54, 1.807) is 28.6 Å². The molecule has 1 heterocycles. The number of hydrogen-bond donors (Lipinski definition) is 1. The topological polar surface area (TPSA) is 89.7 Å². The summed E-state index contributed by atoms with van der Waals surface area (Å²) in [4.78, 5) is 15.6. The Morgan fingerprint density at radius 1 is 0.837 bits per heavy atom. The van der Waals surface area contributed by atoms with Crippen LogP contribution in [0.15, 0.2) is 97.1 Å². The first kappa shape index (κ1) is 29.4. The number of aryl methyl sites for hydroxylation is 1. The number of amides is 1. The first-order valence-corrected chi connectivity index (χ1v) is 14.4. The van der Waals surface area contributed by atoms with Crippen molar-refractivity contribution < 1.29 is 19.4 Å². The van der Waals surface area contributed by atoms with E-state index < -0.39 is 0 Å². The van der Waals surface area contributed by atoms with Gasteiger partial charge >= 0.3 is 6.01 Å². The lowest BCUT2D eigenvalue weighted by atomic mass is 10.0. The lowest BCUT2D eigenvalue weighted by Gasteiger charge is -2.22. The summed E-state index contributed by atoms with van der Waals surface area (Å²) in [5.41, 5.74) is 4.46. The van der Waals surface area contributed by atoms with Gasteiger partial charge in [-0.3, -0.25) is 4.79 Å². The molecule has 0 radical (unpaired) electrons. The molecule has 0 spiro atoms. The fraction of sp³-hybridized carbons (Fsp3) is 0.229. The minimum Gasteiger partial charge on any atom is -0.488 e. The first-order valence-electron chi connectivity index (χ1n) is 14.4. The Morgan fingerprint density at radius 2 is 1.44 bits per heavy atom. The van der Waals surface area contributed by atoms with E-state index in [-0.39, 0.29) is 25.1 Å². The molecule has 0 bridgehead atoms. The van der Waals surface area contributed by atoms with Gasteiger partial charge in [-0.15, -0.1) is 5.10 Å². The highest BCUT2D eigenvalue weighted by atomic mass is 16.5. The Kier molecular flexibility index (Phi) is 9.36. The van der Waals surface area contributed by atoms with E-state index in [9.17, 15) is 9.90 Å². The van der Waals surface area contributed by atoms with Gasteiger partial charge in [0.2, 0.25) is 0 Å². The van der Waals surface area contributed by atoms with E-state index >= 15 is 0 Å². The average Bonchev–Trinajstić information content (AvgIpc) is 3.42. The zero-order valence-corrected chi connectivity index (χ0v) is 24.7. The van der Waals surface area contributed by atoms with Gasteiger partial charge in [0, 0.05) is 19.7 Å². The molecule has 1 amide bonds. The number of hydrogen-bond acceptors (Lipinski definition) is 6. The summed E-state index contributed by atoms with van der Waals surface area (Å²) < 4.78 is 14.3. The fourth-order valence-electron chi connectivity index (χ4n) is 4.80.